The maximum atomic E-state index is 12.9. The van der Waals surface area contributed by atoms with Gasteiger partial charge >= 0.3 is 0 Å². The minimum atomic E-state index is 0.0822. The molecule has 0 bridgehead atoms. The number of furan rings is 1. The number of carbonyl (C=O) groups excluding carboxylic acids is 1. The average molecular weight is 432 g/mol. The topological polar surface area (TPSA) is 42.7 Å². The molecule has 1 saturated heterocycles. The molecule has 32 heavy (non-hydrogen) atoms. The monoisotopic (exact) mass is 431 g/mol. The summed E-state index contributed by atoms with van der Waals surface area (Å²) in [5.74, 6) is 1.52. The van der Waals surface area contributed by atoms with Gasteiger partial charge in [0, 0.05) is 41.7 Å². The number of allylic oxidation sites excluding steroid dienone is 1. The van der Waals surface area contributed by atoms with E-state index >= 15 is 0 Å². The number of nitrogens with zero attached hydrogens (tertiary/aromatic N) is 1. The van der Waals surface area contributed by atoms with E-state index in [0.717, 1.165) is 64.9 Å². The second kappa shape index (κ2) is 9.23. The van der Waals surface area contributed by atoms with Crippen LogP contribution in [0.1, 0.15) is 50.3 Å². The predicted octanol–water partition coefficient (Wildman–Crippen LogP) is 6.78. The number of hydrogen-bond donors (Lipinski definition) is 0. The maximum Gasteiger partial charge on any atom is 0.246 e. The summed E-state index contributed by atoms with van der Waals surface area (Å²) in [7, 11) is 0. The first-order chi connectivity index (χ1) is 15.4. The van der Waals surface area contributed by atoms with Gasteiger partial charge in [0.25, 0.3) is 0 Å². The van der Waals surface area contributed by atoms with E-state index in [4.69, 9.17) is 9.15 Å². The molecule has 1 fully saturated rings. The molecule has 0 atom stereocenters. The summed E-state index contributed by atoms with van der Waals surface area (Å²) in [4.78, 5) is 14.9. The van der Waals surface area contributed by atoms with Crippen molar-refractivity contribution in [2.24, 2.45) is 5.92 Å². The molecular formula is C28H33NO3. The first-order valence-electron chi connectivity index (χ1n) is 11.6. The van der Waals surface area contributed by atoms with Gasteiger partial charge < -0.3 is 14.1 Å². The SMILES string of the molecule is CCOc1cc2occ(-c3ccc(C)cc3C)c2cc1/C(C)=C/C(=O)N1CCC(C)CC1. The van der Waals surface area contributed by atoms with Gasteiger partial charge in [-0.2, -0.15) is 0 Å². The molecule has 4 rings (SSSR count). The molecular weight excluding hydrogens is 398 g/mol. The summed E-state index contributed by atoms with van der Waals surface area (Å²) in [6.45, 7) is 12.7. The largest absolute Gasteiger partial charge is 0.493 e. The van der Waals surface area contributed by atoms with Gasteiger partial charge in [0.05, 0.1) is 12.9 Å². The molecule has 4 heteroatoms. The van der Waals surface area contributed by atoms with Crippen LogP contribution in [0.25, 0.3) is 27.7 Å². The second-order valence-corrected chi connectivity index (χ2v) is 9.08. The molecule has 168 valence electrons. The Morgan fingerprint density at radius 2 is 1.91 bits per heavy atom. The van der Waals surface area contributed by atoms with Gasteiger partial charge in [0.1, 0.15) is 11.3 Å². The number of likely N-dealkylation sites (tertiary alicyclic amines) is 1. The Hall–Kier alpha value is -3.01. The number of aryl methyl sites for hydroxylation is 2. The lowest BCUT2D eigenvalue weighted by Crippen LogP contribution is -2.36. The average Bonchev–Trinajstić information content (AvgIpc) is 3.16. The first-order valence-corrected chi connectivity index (χ1v) is 11.6. The molecule has 2 heterocycles. The normalized spacial score (nSPS) is 15.4. The van der Waals surface area contributed by atoms with E-state index in [1.807, 2.05) is 31.1 Å². The molecule has 2 aromatic carbocycles. The molecule has 1 aromatic heterocycles. The number of amides is 1. The van der Waals surface area contributed by atoms with Gasteiger partial charge in [-0.05, 0) is 69.2 Å². The molecule has 3 aromatic rings. The highest BCUT2D eigenvalue weighted by Crippen LogP contribution is 2.38. The Morgan fingerprint density at radius 3 is 2.59 bits per heavy atom. The summed E-state index contributed by atoms with van der Waals surface area (Å²) in [5.41, 5.74) is 7.30. The number of fused-ring (bicyclic) bond motifs is 1. The van der Waals surface area contributed by atoms with E-state index in [-0.39, 0.29) is 5.91 Å². The van der Waals surface area contributed by atoms with E-state index in [0.29, 0.717) is 12.5 Å². The summed E-state index contributed by atoms with van der Waals surface area (Å²) in [5, 5.41) is 1.03. The molecule has 0 saturated carbocycles. The van der Waals surface area contributed by atoms with E-state index in [1.54, 1.807) is 6.08 Å². The van der Waals surface area contributed by atoms with E-state index < -0.39 is 0 Å². The Morgan fingerprint density at radius 1 is 1.16 bits per heavy atom. The summed E-state index contributed by atoms with van der Waals surface area (Å²) in [6, 6.07) is 10.5. The summed E-state index contributed by atoms with van der Waals surface area (Å²) >= 11 is 0. The molecule has 0 unspecified atom stereocenters. The zero-order chi connectivity index (χ0) is 22.8. The Balaban J connectivity index is 1.75. The summed E-state index contributed by atoms with van der Waals surface area (Å²) in [6.07, 6.45) is 5.73. The molecule has 0 radical (unpaired) electrons. The maximum absolute atomic E-state index is 12.9. The van der Waals surface area contributed by atoms with Crippen molar-refractivity contribution in [1.29, 1.82) is 0 Å². The molecule has 1 aliphatic heterocycles. The lowest BCUT2D eigenvalue weighted by molar-refractivity contribution is -0.127. The zero-order valence-electron chi connectivity index (χ0n) is 19.8. The number of benzene rings is 2. The van der Waals surface area contributed by atoms with Crippen LogP contribution in [0.4, 0.5) is 0 Å². The minimum absolute atomic E-state index is 0.0822. The van der Waals surface area contributed by atoms with Gasteiger partial charge in [0.15, 0.2) is 0 Å². The van der Waals surface area contributed by atoms with Crippen molar-refractivity contribution in [2.75, 3.05) is 19.7 Å². The van der Waals surface area contributed by atoms with Crippen molar-refractivity contribution in [3.63, 3.8) is 0 Å². The fourth-order valence-corrected chi connectivity index (χ4v) is 4.55. The van der Waals surface area contributed by atoms with Gasteiger partial charge in [0.2, 0.25) is 5.91 Å². The molecule has 1 aliphatic rings. The Labute approximate surface area is 190 Å². The van der Waals surface area contributed by atoms with Crippen LogP contribution in [-0.2, 0) is 4.79 Å². The van der Waals surface area contributed by atoms with Crippen molar-refractivity contribution in [3.05, 3.63) is 59.4 Å². The van der Waals surface area contributed by atoms with Crippen LogP contribution in [0.5, 0.6) is 5.75 Å². The zero-order valence-corrected chi connectivity index (χ0v) is 19.8. The van der Waals surface area contributed by atoms with Crippen LogP contribution >= 0.6 is 0 Å². The van der Waals surface area contributed by atoms with E-state index in [2.05, 4.69) is 45.0 Å². The van der Waals surface area contributed by atoms with E-state index in [9.17, 15) is 4.79 Å². The Kier molecular flexibility index (Phi) is 6.40. The first kappa shape index (κ1) is 22.2. The van der Waals surface area contributed by atoms with Gasteiger partial charge in [-0.15, -0.1) is 0 Å². The van der Waals surface area contributed by atoms with Crippen molar-refractivity contribution >= 4 is 22.4 Å². The Bertz CT molecular complexity index is 1160. The molecule has 0 aliphatic carbocycles. The highest BCUT2D eigenvalue weighted by molar-refractivity contribution is 6.00. The lowest BCUT2D eigenvalue weighted by atomic mass is 9.96. The summed E-state index contributed by atoms with van der Waals surface area (Å²) < 4.78 is 11.9. The van der Waals surface area contributed by atoms with E-state index in [1.165, 1.54) is 11.1 Å². The number of piperidine rings is 1. The minimum Gasteiger partial charge on any atom is -0.493 e. The van der Waals surface area contributed by atoms with Crippen LogP contribution in [0.3, 0.4) is 0 Å². The fraction of sp³-hybridized carbons (Fsp3) is 0.393. The van der Waals surface area contributed by atoms with Gasteiger partial charge in [-0.3, -0.25) is 4.79 Å². The van der Waals surface area contributed by atoms with Crippen molar-refractivity contribution < 1.29 is 13.9 Å². The fourth-order valence-electron chi connectivity index (χ4n) is 4.55. The third-order valence-corrected chi connectivity index (χ3v) is 6.51. The quantitative estimate of drug-likeness (QED) is 0.418. The number of ether oxygens (including phenoxy) is 1. The lowest BCUT2D eigenvalue weighted by Gasteiger charge is -2.29. The molecule has 1 amide bonds. The number of hydrogen-bond acceptors (Lipinski definition) is 3. The van der Waals surface area contributed by atoms with Gasteiger partial charge in [-0.25, -0.2) is 0 Å². The van der Waals surface area contributed by atoms with Crippen molar-refractivity contribution in [1.82, 2.24) is 4.90 Å². The van der Waals surface area contributed by atoms with Crippen LogP contribution in [0.2, 0.25) is 0 Å². The second-order valence-electron chi connectivity index (χ2n) is 9.08. The standard InChI is InChI=1S/C28H33NO3/c1-6-31-26-16-27-24(25(17-32-27)22-8-7-19(3)13-20(22)4)15-23(26)21(5)14-28(30)29-11-9-18(2)10-12-29/h7-8,13-18H,6,9-12H2,1-5H3/b21-14+. The number of rotatable bonds is 5. The van der Waals surface area contributed by atoms with Crippen LogP contribution in [-0.4, -0.2) is 30.5 Å². The molecule has 0 N–H and O–H groups in total. The smallest absolute Gasteiger partial charge is 0.246 e. The van der Waals surface area contributed by atoms with Crippen LogP contribution in [0, 0.1) is 19.8 Å². The van der Waals surface area contributed by atoms with Crippen LogP contribution < -0.4 is 4.74 Å². The molecule has 0 spiro atoms. The predicted molar refractivity (Wildman–Crippen MR) is 131 cm³/mol. The van der Waals surface area contributed by atoms with Crippen LogP contribution in [0.15, 0.2) is 47.1 Å². The van der Waals surface area contributed by atoms with Crippen molar-refractivity contribution in [2.45, 2.75) is 47.5 Å². The van der Waals surface area contributed by atoms with Crippen molar-refractivity contribution in [3.8, 4) is 16.9 Å². The van der Waals surface area contributed by atoms with Gasteiger partial charge in [-0.1, -0.05) is 30.7 Å². The number of carbonyl (C=O) groups is 1. The third-order valence-electron chi connectivity index (χ3n) is 6.51. The highest BCUT2D eigenvalue weighted by Gasteiger charge is 2.20. The molecule has 4 nitrogen and oxygen atoms in total. The third kappa shape index (κ3) is 4.45. The highest BCUT2D eigenvalue weighted by atomic mass is 16.5.